The van der Waals surface area contributed by atoms with Crippen molar-refractivity contribution in [3.8, 4) is 0 Å². The quantitative estimate of drug-likeness (QED) is 0.503. The monoisotopic (exact) mass is 111 g/mol. The Hall–Kier alpha value is -1.12. The molecule has 2 N–H and O–H groups in total. The summed E-state index contributed by atoms with van der Waals surface area (Å²) in [5.74, 6) is -0.324. The summed E-state index contributed by atoms with van der Waals surface area (Å²) in [4.78, 5) is 3.28. The van der Waals surface area contributed by atoms with Crippen LogP contribution in [0.4, 0.5) is 10.2 Å². The van der Waals surface area contributed by atoms with E-state index >= 15 is 0 Å². The van der Waals surface area contributed by atoms with Gasteiger partial charge in [0.05, 0.1) is 0 Å². The molecule has 0 bridgehead atoms. The third kappa shape index (κ3) is 0.932. The van der Waals surface area contributed by atoms with Crippen molar-refractivity contribution in [3.05, 3.63) is 24.1 Å². The van der Waals surface area contributed by atoms with Crippen LogP contribution in [0, 0.1) is 5.95 Å². The molecule has 1 aromatic rings. The molecule has 1 aromatic heterocycles. The zero-order valence-corrected chi connectivity index (χ0v) is 4.13. The fourth-order valence-electron chi connectivity index (χ4n) is 0.424. The summed E-state index contributed by atoms with van der Waals surface area (Å²) >= 11 is 0. The number of hydrogen-bond donors (Lipinski definition) is 1. The van der Waals surface area contributed by atoms with Gasteiger partial charge in [-0.15, -0.1) is 0 Å². The number of aromatic nitrogens is 1. The van der Waals surface area contributed by atoms with Crippen LogP contribution in [0.15, 0.2) is 18.2 Å². The molecule has 0 saturated heterocycles. The van der Waals surface area contributed by atoms with Gasteiger partial charge < -0.3 is 5.73 Å². The first-order valence-corrected chi connectivity index (χ1v) is 2.17. The van der Waals surface area contributed by atoms with Gasteiger partial charge in [-0.1, -0.05) is 6.07 Å². The molecule has 3 heteroatoms. The number of nitrogens with zero attached hydrogens (tertiary/aromatic N) is 1. The van der Waals surface area contributed by atoms with Gasteiger partial charge in [0.15, 0.2) is 0 Å². The minimum atomic E-state index is -0.537. The van der Waals surface area contributed by atoms with Gasteiger partial charge in [-0.05, 0) is 12.1 Å². The van der Waals surface area contributed by atoms with Crippen molar-refractivity contribution >= 4 is 5.82 Å². The van der Waals surface area contributed by atoms with Crippen LogP contribution in [0.25, 0.3) is 0 Å². The van der Waals surface area contributed by atoms with Gasteiger partial charge in [0.1, 0.15) is 5.82 Å². The molecule has 0 aliphatic rings. The van der Waals surface area contributed by atoms with E-state index in [-0.39, 0.29) is 5.82 Å². The zero-order valence-electron chi connectivity index (χ0n) is 4.13. The summed E-state index contributed by atoms with van der Waals surface area (Å²) in [6, 6.07) is 4.29. The second kappa shape index (κ2) is 1.78. The molecule has 0 aliphatic carbocycles. The smallest absolute Gasteiger partial charge is 0.214 e. The lowest BCUT2D eigenvalue weighted by Crippen LogP contribution is -1.90. The Kier molecular flexibility index (Phi) is 1.12. The van der Waals surface area contributed by atoms with E-state index < -0.39 is 5.95 Å². The van der Waals surface area contributed by atoms with Crippen molar-refractivity contribution in [3.63, 3.8) is 0 Å². The van der Waals surface area contributed by atoms with E-state index in [0.717, 1.165) is 0 Å². The highest BCUT2D eigenvalue weighted by Crippen LogP contribution is 1.96. The van der Waals surface area contributed by atoms with Crippen LogP contribution in [0.3, 0.4) is 0 Å². The summed E-state index contributed by atoms with van der Waals surface area (Å²) < 4.78 is 12.0. The second-order valence-corrected chi connectivity index (χ2v) is 1.39. The van der Waals surface area contributed by atoms with E-state index in [1.807, 2.05) is 0 Å². The van der Waals surface area contributed by atoms with Crippen LogP contribution in [0.2, 0.25) is 0 Å². The van der Waals surface area contributed by atoms with E-state index in [2.05, 4.69) is 4.98 Å². The number of pyridine rings is 1. The van der Waals surface area contributed by atoms with Crippen LogP contribution >= 0.6 is 0 Å². The highest BCUT2D eigenvalue weighted by atomic mass is 18.2. The second-order valence-electron chi connectivity index (χ2n) is 1.39. The molecule has 0 aliphatic heterocycles. The number of halogens is 1. The number of hydrogen-bond acceptors (Lipinski definition) is 2. The van der Waals surface area contributed by atoms with Gasteiger partial charge >= 0.3 is 0 Å². The van der Waals surface area contributed by atoms with E-state index in [1.165, 1.54) is 18.2 Å². The fraction of sp³-hybridized carbons (Fsp3) is 0. The molecule has 0 radical (unpaired) electrons. The first-order valence-electron chi connectivity index (χ1n) is 2.17. The van der Waals surface area contributed by atoms with E-state index in [4.69, 9.17) is 5.73 Å². The number of nitrogen functional groups attached to an aromatic ring is 1. The van der Waals surface area contributed by atoms with Crippen molar-refractivity contribution in [2.45, 2.75) is 0 Å². The first-order chi connectivity index (χ1) is 3.79. The minimum Gasteiger partial charge on any atom is -0.384 e. The summed E-state index contributed by atoms with van der Waals surface area (Å²) in [6.45, 7) is 0. The SMILES string of the molecule is Nc1cccc([18F])n1. The number of anilines is 1. The summed E-state index contributed by atoms with van der Waals surface area (Å²) in [5, 5.41) is 0. The average Bonchev–Trinajstić information content (AvgIpc) is 1.64. The molecule has 0 amide bonds. The third-order valence-electron chi connectivity index (χ3n) is 0.737. The van der Waals surface area contributed by atoms with Crippen LogP contribution in [0.1, 0.15) is 0 Å². The molecule has 8 heavy (non-hydrogen) atoms. The molecule has 0 aromatic carbocycles. The molecule has 0 saturated carbocycles. The maximum Gasteiger partial charge on any atom is 0.214 e. The molecule has 1 rings (SSSR count). The molecule has 0 atom stereocenters. The van der Waals surface area contributed by atoms with Gasteiger partial charge in [-0.2, -0.15) is 4.39 Å². The van der Waals surface area contributed by atoms with Gasteiger partial charge in [-0.3, -0.25) is 0 Å². The van der Waals surface area contributed by atoms with E-state index in [1.54, 1.807) is 0 Å². The van der Waals surface area contributed by atoms with Crippen molar-refractivity contribution in [2.75, 3.05) is 5.73 Å². The maximum absolute atomic E-state index is 12.0. The molecule has 0 unspecified atom stereocenters. The molecular formula is C5H5FN2. The van der Waals surface area contributed by atoms with E-state index in [0.29, 0.717) is 0 Å². The van der Waals surface area contributed by atoms with Crippen molar-refractivity contribution < 1.29 is 4.39 Å². The van der Waals surface area contributed by atoms with Crippen LogP contribution in [-0.4, -0.2) is 4.98 Å². The van der Waals surface area contributed by atoms with Gasteiger partial charge in [-0.25, -0.2) is 4.98 Å². The highest BCUT2D eigenvalue weighted by Gasteiger charge is 1.86. The minimum absolute atomic E-state index is 0.213. The topological polar surface area (TPSA) is 38.9 Å². The largest absolute Gasteiger partial charge is 0.384 e. The van der Waals surface area contributed by atoms with Crippen molar-refractivity contribution in [1.29, 1.82) is 0 Å². The summed E-state index contributed by atoms with van der Waals surface area (Å²) in [5.41, 5.74) is 5.11. The molecule has 0 spiro atoms. The first kappa shape index (κ1) is 5.03. The lowest BCUT2D eigenvalue weighted by Gasteiger charge is -1.87. The van der Waals surface area contributed by atoms with Crippen molar-refractivity contribution in [1.82, 2.24) is 4.98 Å². The van der Waals surface area contributed by atoms with Crippen LogP contribution in [0.5, 0.6) is 0 Å². The molecule has 1 heterocycles. The maximum atomic E-state index is 12.0. The standard InChI is InChI=1S/C5H5FN2/c6-4-2-1-3-5(7)8-4/h1-3H,(H2,7,8)/i6-1. The van der Waals surface area contributed by atoms with Crippen LogP contribution in [-0.2, 0) is 0 Å². The predicted octanol–water partition coefficient (Wildman–Crippen LogP) is 0.803. The van der Waals surface area contributed by atoms with Gasteiger partial charge in [0, 0.05) is 0 Å². The highest BCUT2D eigenvalue weighted by molar-refractivity contribution is 5.25. The Morgan fingerprint density at radius 1 is 1.50 bits per heavy atom. The molecular weight excluding hydrogens is 106 g/mol. The third-order valence-corrected chi connectivity index (χ3v) is 0.737. The predicted molar refractivity (Wildman–Crippen MR) is 28.6 cm³/mol. The average molecular weight is 111 g/mol. The normalized spacial score (nSPS) is 9.12. The summed E-state index contributed by atoms with van der Waals surface area (Å²) in [6.07, 6.45) is 0. The van der Waals surface area contributed by atoms with E-state index in [9.17, 15) is 4.39 Å². The van der Waals surface area contributed by atoms with Crippen molar-refractivity contribution in [2.24, 2.45) is 0 Å². The van der Waals surface area contributed by atoms with Crippen LogP contribution < -0.4 is 5.73 Å². The van der Waals surface area contributed by atoms with Gasteiger partial charge in [0.2, 0.25) is 5.95 Å². The molecule has 2 nitrogen and oxygen atoms in total. The Morgan fingerprint density at radius 2 is 2.25 bits per heavy atom. The molecule has 0 fully saturated rings. The summed E-state index contributed by atoms with van der Waals surface area (Å²) in [7, 11) is 0. The number of nitrogens with two attached hydrogens (primary N) is 1. The zero-order chi connectivity index (χ0) is 5.98. The number of rotatable bonds is 0. The molecule has 42 valence electrons. The Labute approximate surface area is 46.2 Å². The Bertz CT molecular complexity index is 170. The fourth-order valence-corrected chi connectivity index (χ4v) is 0.424. The Morgan fingerprint density at radius 3 is 2.62 bits per heavy atom. The Balaban J connectivity index is 3.08. The lowest BCUT2D eigenvalue weighted by molar-refractivity contribution is 0.586. The lowest BCUT2D eigenvalue weighted by atomic mass is 10.5. The van der Waals surface area contributed by atoms with Gasteiger partial charge in [0.25, 0.3) is 0 Å².